The Labute approximate surface area is 192 Å². The molecule has 0 atom stereocenters. The lowest BCUT2D eigenvalue weighted by atomic mass is 9.96. The molecule has 5 rings (SSSR count). The van der Waals surface area contributed by atoms with Crippen LogP contribution in [-0.4, -0.2) is 43.2 Å². The van der Waals surface area contributed by atoms with E-state index in [9.17, 15) is 9.59 Å². The molecular formula is C26H27N5O2. The number of aromatic nitrogens is 4. The second-order valence-corrected chi connectivity index (χ2v) is 8.73. The number of carbonyl (C=O) groups excluding carboxylic acids is 1. The Bertz CT molecular complexity index is 1360. The maximum Gasteiger partial charge on any atom is 0.272 e. The SMILES string of the molecule is Cc1nc2ccccc2c(=O)n1CC1CCN(C(=O)c2cc(-c3ccccc3)nn2C)CC1. The van der Waals surface area contributed by atoms with Gasteiger partial charge in [-0.2, -0.15) is 5.10 Å². The molecule has 0 aliphatic carbocycles. The normalized spacial score (nSPS) is 14.7. The van der Waals surface area contributed by atoms with E-state index in [2.05, 4.69) is 10.1 Å². The highest BCUT2D eigenvalue weighted by Crippen LogP contribution is 2.23. The van der Waals surface area contributed by atoms with Gasteiger partial charge in [-0.3, -0.25) is 18.8 Å². The summed E-state index contributed by atoms with van der Waals surface area (Å²) in [7, 11) is 1.81. The van der Waals surface area contributed by atoms with Gasteiger partial charge in [0.2, 0.25) is 0 Å². The van der Waals surface area contributed by atoms with Crippen molar-refractivity contribution in [1.82, 2.24) is 24.2 Å². The number of hydrogen-bond donors (Lipinski definition) is 0. The number of amides is 1. The number of carbonyl (C=O) groups is 1. The van der Waals surface area contributed by atoms with Crippen molar-refractivity contribution in [3.8, 4) is 11.3 Å². The van der Waals surface area contributed by atoms with Gasteiger partial charge in [-0.25, -0.2) is 4.98 Å². The molecule has 1 fully saturated rings. The van der Waals surface area contributed by atoms with Crippen LogP contribution in [0.2, 0.25) is 0 Å². The summed E-state index contributed by atoms with van der Waals surface area (Å²) in [4.78, 5) is 32.7. The average Bonchev–Trinajstić information content (AvgIpc) is 3.24. The summed E-state index contributed by atoms with van der Waals surface area (Å²) >= 11 is 0. The molecule has 0 spiro atoms. The maximum absolute atomic E-state index is 13.2. The molecule has 0 radical (unpaired) electrons. The molecule has 1 aliphatic heterocycles. The van der Waals surface area contributed by atoms with Gasteiger partial charge in [-0.05, 0) is 43.9 Å². The predicted molar refractivity (Wildman–Crippen MR) is 128 cm³/mol. The Morgan fingerprint density at radius 2 is 1.73 bits per heavy atom. The van der Waals surface area contributed by atoms with Gasteiger partial charge in [0.1, 0.15) is 11.5 Å². The van der Waals surface area contributed by atoms with Crippen LogP contribution < -0.4 is 5.56 Å². The first-order chi connectivity index (χ1) is 16.0. The average molecular weight is 442 g/mol. The first-order valence-electron chi connectivity index (χ1n) is 11.4. The zero-order valence-electron chi connectivity index (χ0n) is 18.9. The lowest BCUT2D eigenvalue weighted by molar-refractivity contribution is 0.0671. The molecule has 168 valence electrons. The van der Waals surface area contributed by atoms with E-state index in [0.717, 1.165) is 35.4 Å². The number of rotatable bonds is 4. The number of nitrogens with zero attached hydrogens (tertiary/aromatic N) is 5. The Balaban J connectivity index is 1.27. The van der Waals surface area contributed by atoms with Crippen molar-refractivity contribution >= 4 is 16.8 Å². The summed E-state index contributed by atoms with van der Waals surface area (Å²) in [6, 6.07) is 19.2. The molecule has 1 amide bonds. The molecule has 1 aliphatic rings. The van der Waals surface area contributed by atoms with E-state index in [4.69, 9.17) is 0 Å². The third kappa shape index (κ3) is 4.06. The number of fused-ring (bicyclic) bond motifs is 1. The number of hydrogen-bond acceptors (Lipinski definition) is 4. The van der Waals surface area contributed by atoms with Gasteiger partial charge in [0.25, 0.3) is 11.5 Å². The second kappa shape index (κ2) is 8.65. The van der Waals surface area contributed by atoms with Gasteiger partial charge in [-0.1, -0.05) is 42.5 Å². The zero-order valence-corrected chi connectivity index (χ0v) is 18.9. The van der Waals surface area contributed by atoms with E-state index >= 15 is 0 Å². The summed E-state index contributed by atoms with van der Waals surface area (Å²) in [6.45, 7) is 3.86. The van der Waals surface area contributed by atoms with Crippen LogP contribution in [0.1, 0.15) is 29.2 Å². The Morgan fingerprint density at radius 3 is 2.48 bits per heavy atom. The highest BCUT2D eigenvalue weighted by molar-refractivity contribution is 5.93. The molecule has 1 saturated heterocycles. The van der Waals surface area contributed by atoms with Gasteiger partial charge in [0, 0.05) is 32.2 Å². The lowest BCUT2D eigenvalue weighted by Gasteiger charge is -2.32. The zero-order chi connectivity index (χ0) is 22.9. The Kier molecular flexibility index (Phi) is 5.54. The van der Waals surface area contributed by atoms with Crippen LogP contribution in [0, 0.1) is 12.8 Å². The Morgan fingerprint density at radius 1 is 1.03 bits per heavy atom. The quantitative estimate of drug-likeness (QED) is 0.485. The third-order valence-corrected chi connectivity index (χ3v) is 6.56. The van der Waals surface area contributed by atoms with Crippen LogP contribution in [0.3, 0.4) is 0 Å². The summed E-state index contributed by atoms with van der Waals surface area (Å²) in [6.07, 6.45) is 1.71. The topological polar surface area (TPSA) is 73.0 Å². The monoisotopic (exact) mass is 441 g/mol. The summed E-state index contributed by atoms with van der Waals surface area (Å²) < 4.78 is 3.46. The van der Waals surface area contributed by atoms with Gasteiger partial charge < -0.3 is 4.90 Å². The molecule has 2 aromatic carbocycles. The van der Waals surface area contributed by atoms with Crippen LogP contribution in [0.15, 0.2) is 65.5 Å². The minimum Gasteiger partial charge on any atom is -0.337 e. The van der Waals surface area contributed by atoms with E-state index in [0.29, 0.717) is 36.6 Å². The minimum atomic E-state index is 0.00588. The smallest absolute Gasteiger partial charge is 0.272 e. The van der Waals surface area contributed by atoms with Crippen molar-refractivity contribution in [3.05, 3.63) is 82.5 Å². The molecule has 7 nitrogen and oxygen atoms in total. The van der Waals surface area contributed by atoms with Crippen LogP contribution in [0.25, 0.3) is 22.2 Å². The van der Waals surface area contributed by atoms with Gasteiger partial charge >= 0.3 is 0 Å². The van der Waals surface area contributed by atoms with Crippen molar-refractivity contribution < 1.29 is 4.79 Å². The standard InChI is InChI=1S/C26H27N5O2/c1-18-27-22-11-7-6-10-21(22)25(32)31(18)17-19-12-14-30(15-13-19)26(33)24-16-23(28-29(24)2)20-8-4-3-5-9-20/h3-11,16,19H,12-15,17H2,1-2H3. The molecule has 2 aromatic heterocycles. The first kappa shape index (κ1) is 21.1. The number of aryl methyl sites for hydroxylation is 2. The minimum absolute atomic E-state index is 0.00588. The van der Waals surface area contributed by atoms with Crippen LogP contribution >= 0.6 is 0 Å². The van der Waals surface area contributed by atoms with Gasteiger partial charge in [0.05, 0.1) is 16.6 Å². The van der Waals surface area contributed by atoms with Crippen LogP contribution in [0.5, 0.6) is 0 Å². The molecular weight excluding hydrogens is 414 g/mol. The van der Waals surface area contributed by atoms with E-state index < -0.39 is 0 Å². The highest BCUT2D eigenvalue weighted by atomic mass is 16.2. The molecule has 33 heavy (non-hydrogen) atoms. The molecule has 0 N–H and O–H groups in total. The van der Waals surface area contributed by atoms with Crippen molar-refractivity contribution in [3.63, 3.8) is 0 Å². The molecule has 0 bridgehead atoms. The Hall–Kier alpha value is -3.74. The predicted octanol–water partition coefficient (Wildman–Crippen LogP) is 3.66. The molecule has 7 heteroatoms. The largest absolute Gasteiger partial charge is 0.337 e. The van der Waals surface area contributed by atoms with E-state index in [1.54, 1.807) is 9.25 Å². The molecule has 4 aromatic rings. The number of likely N-dealkylation sites (tertiary alicyclic amines) is 1. The van der Waals surface area contributed by atoms with Gasteiger partial charge in [-0.15, -0.1) is 0 Å². The first-order valence-corrected chi connectivity index (χ1v) is 11.4. The lowest BCUT2D eigenvalue weighted by Crippen LogP contribution is -2.41. The number of para-hydroxylation sites is 1. The molecule has 0 saturated carbocycles. The highest BCUT2D eigenvalue weighted by Gasteiger charge is 2.27. The van der Waals surface area contributed by atoms with Crippen molar-refractivity contribution in [2.75, 3.05) is 13.1 Å². The summed E-state index contributed by atoms with van der Waals surface area (Å²) in [5.41, 5.74) is 3.14. The summed E-state index contributed by atoms with van der Waals surface area (Å²) in [5, 5.41) is 5.19. The van der Waals surface area contributed by atoms with Crippen LogP contribution in [0.4, 0.5) is 0 Å². The van der Waals surface area contributed by atoms with Crippen LogP contribution in [-0.2, 0) is 13.6 Å². The van der Waals surface area contributed by atoms with Crippen molar-refractivity contribution in [2.45, 2.75) is 26.3 Å². The maximum atomic E-state index is 13.2. The fraction of sp³-hybridized carbons (Fsp3) is 0.308. The number of benzene rings is 2. The third-order valence-electron chi connectivity index (χ3n) is 6.56. The van der Waals surface area contributed by atoms with E-state index in [-0.39, 0.29) is 11.5 Å². The fourth-order valence-electron chi connectivity index (χ4n) is 4.65. The fourth-order valence-corrected chi connectivity index (χ4v) is 4.65. The van der Waals surface area contributed by atoms with Gasteiger partial charge in [0.15, 0.2) is 0 Å². The second-order valence-electron chi connectivity index (χ2n) is 8.73. The van der Waals surface area contributed by atoms with Crippen molar-refractivity contribution in [1.29, 1.82) is 0 Å². The molecule has 3 heterocycles. The summed E-state index contributed by atoms with van der Waals surface area (Å²) in [5.74, 6) is 1.08. The van der Waals surface area contributed by atoms with Crippen molar-refractivity contribution in [2.24, 2.45) is 13.0 Å². The van der Waals surface area contributed by atoms with E-state index in [1.807, 2.05) is 79.5 Å². The molecule has 0 unspecified atom stereocenters. The van der Waals surface area contributed by atoms with E-state index in [1.165, 1.54) is 0 Å². The number of piperidine rings is 1.